The highest BCUT2D eigenvalue weighted by atomic mass is 33.1. The average molecular weight is 766 g/mol. The minimum atomic E-state index is -4.68. The lowest BCUT2D eigenvalue weighted by atomic mass is 9.81. The molecule has 0 spiro atoms. The molecule has 0 fully saturated rings. The van der Waals surface area contributed by atoms with Crippen molar-refractivity contribution in [3.63, 3.8) is 0 Å². The zero-order valence-electron chi connectivity index (χ0n) is 28.6. The number of unbranched alkanes of at least 4 members (excludes halogenated alkanes) is 2. The molecule has 0 aliphatic carbocycles. The van der Waals surface area contributed by atoms with Gasteiger partial charge in [0, 0.05) is 70.6 Å². The standard InChI is InChI=1S/C34H43N3O9S4/c1-6-36-27-16-14-23(49(41,42)43)21-25(27)33(2,3)29(36)11-10-12-30-34(4,5)26-22-24(50(44,45)46)15-17-28(26)37(30)19-9-7-8-13-31(38)35-48-47-20-18-32(39)40/h10-12,14-17,21-22H,6-9,13,18-20H2,1-5H3,(H3-,35,38,39,40,41,42,43,44,45,46). The number of likely N-dealkylation sites (N-methyl/N-ethyl adjacent to an activating group) is 1. The van der Waals surface area contributed by atoms with Crippen molar-refractivity contribution in [1.29, 1.82) is 0 Å². The number of nitrogens with zero attached hydrogens (tertiary/aromatic N) is 2. The number of rotatable bonds is 16. The second kappa shape index (κ2) is 15.6. The van der Waals surface area contributed by atoms with E-state index in [-0.39, 0.29) is 22.1 Å². The summed E-state index contributed by atoms with van der Waals surface area (Å²) in [6.07, 6.45) is 8.33. The minimum absolute atomic E-state index is 0.0213. The third-order valence-electron chi connectivity index (χ3n) is 9.04. The molecule has 2 aromatic rings. The number of carbonyl (C=O) groups excluding carboxylic acids is 1. The van der Waals surface area contributed by atoms with Crippen LogP contribution < -0.4 is 9.62 Å². The van der Waals surface area contributed by atoms with E-state index in [0.29, 0.717) is 37.2 Å². The molecule has 0 saturated heterocycles. The third kappa shape index (κ3) is 8.83. The smallest absolute Gasteiger partial charge is 0.304 e. The first kappa shape index (κ1) is 39.6. The fraction of sp³-hybridized carbons (Fsp3) is 0.441. The Balaban J connectivity index is 1.58. The summed E-state index contributed by atoms with van der Waals surface area (Å²) in [6.45, 7) is 11.1. The molecule has 0 radical (unpaired) electrons. The predicted molar refractivity (Wildman–Crippen MR) is 196 cm³/mol. The molecule has 3 N–H and O–H groups in total. The lowest BCUT2D eigenvalue weighted by molar-refractivity contribution is -0.438. The van der Waals surface area contributed by atoms with E-state index in [0.717, 1.165) is 52.2 Å². The van der Waals surface area contributed by atoms with E-state index in [4.69, 9.17) is 5.11 Å². The van der Waals surface area contributed by atoms with Gasteiger partial charge in [0.05, 0.1) is 21.6 Å². The summed E-state index contributed by atoms with van der Waals surface area (Å²) in [6, 6.07) is 9.04. The maximum Gasteiger partial charge on any atom is 0.304 e. The summed E-state index contributed by atoms with van der Waals surface area (Å²) >= 11 is 0. The fourth-order valence-corrected chi connectivity index (χ4v) is 9.02. The van der Waals surface area contributed by atoms with Crippen LogP contribution in [0.25, 0.3) is 0 Å². The molecule has 2 aromatic carbocycles. The Morgan fingerprint density at radius 3 is 2.28 bits per heavy atom. The average Bonchev–Trinajstić information content (AvgIpc) is 3.37. The Bertz CT molecular complexity index is 1970. The van der Waals surface area contributed by atoms with Gasteiger partial charge in [-0.1, -0.05) is 30.7 Å². The molecule has 12 nitrogen and oxygen atoms in total. The first-order valence-corrected chi connectivity index (χ1v) is 21.3. The monoisotopic (exact) mass is 765 g/mol. The van der Waals surface area contributed by atoms with Crippen LogP contribution in [-0.4, -0.2) is 72.1 Å². The Morgan fingerprint density at radius 2 is 1.64 bits per heavy atom. The van der Waals surface area contributed by atoms with Crippen LogP contribution >= 0.6 is 21.8 Å². The molecule has 0 unspecified atom stereocenters. The van der Waals surface area contributed by atoms with E-state index in [1.165, 1.54) is 35.1 Å². The second-order valence-electron chi connectivity index (χ2n) is 13.1. The summed E-state index contributed by atoms with van der Waals surface area (Å²) in [4.78, 5) is 24.5. The number of carboxylic acids is 1. The fourth-order valence-electron chi connectivity index (χ4n) is 6.47. The number of carbonyl (C=O) groups is 2. The number of nitrogens with one attached hydrogen (secondary N) is 1. The Hall–Kier alpha value is -3.15. The van der Waals surface area contributed by atoms with E-state index in [1.807, 2.05) is 52.8 Å². The molecular weight excluding hydrogens is 723 g/mol. The van der Waals surface area contributed by atoms with E-state index in [1.54, 1.807) is 12.1 Å². The van der Waals surface area contributed by atoms with Gasteiger partial charge < -0.3 is 14.6 Å². The maximum atomic E-state index is 12.2. The van der Waals surface area contributed by atoms with E-state index < -0.39 is 37.0 Å². The number of carboxylic acid groups (broad SMARTS) is 1. The van der Waals surface area contributed by atoms with Crippen molar-refractivity contribution in [2.24, 2.45) is 0 Å². The minimum Gasteiger partial charge on any atom is -0.744 e. The van der Waals surface area contributed by atoms with Crippen molar-refractivity contribution < 1.29 is 45.2 Å². The van der Waals surface area contributed by atoms with Crippen LogP contribution in [0.2, 0.25) is 0 Å². The van der Waals surface area contributed by atoms with Gasteiger partial charge in [0.1, 0.15) is 16.7 Å². The predicted octanol–water partition coefficient (Wildman–Crippen LogP) is 5.92. The lowest BCUT2D eigenvalue weighted by Crippen LogP contribution is -2.28. The van der Waals surface area contributed by atoms with Gasteiger partial charge in [0.2, 0.25) is 11.6 Å². The quantitative estimate of drug-likeness (QED) is 0.0604. The SMILES string of the molecule is CCN1C(=C/C=C/C2=[N+](CCCCCC(=O)NSSCCC(=O)O)c3ccc(S(=O)(=O)[O-])cc3C2(C)C)C(C)(C)c2cc(S(=O)(=O)O)ccc21. The zero-order valence-corrected chi connectivity index (χ0v) is 31.9. The molecule has 0 aromatic heterocycles. The molecule has 272 valence electrons. The van der Waals surface area contributed by atoms with E-state index in [9.17, 15) is 35.5 Å². The molecule has 1 amide bonds. The number of benzene rings is 2. The molecule has 16 heteroatoms. The van der Waals surface area contributed by atoms with Gasteiger partial charge >= 0.3 is 5.97 Å². The number of allylic oxidation sites excluding steroid dienone is 4. The topological polar surface area (TPSA) is 184 Å². The number of anilines is 1. The summed E-state index contributed by atoms with van der Waals surface area (Å²) in [7, 11) is -6.66. The molecule has 2 aliphatic rings. The molecule has 0 bridgehead atoms. The highest BCUT2D eigenvalue weighted by molar-refractivity contribution is 8.76. The van der Waals surface area contributed by atoms with Crippen molar-refractivity contribution in [2.75, 3.05) is 23.7 Å². The molecule has 2 aliphatic heterocycles. The molecular formula is C34H43N3O9S4. The van der Waals surface area contributed by atoms with Crippen LogP contribution in [0.3, 0.4) is 0 Å². The molecule has 0 atom stereocenters. The molecule has 2 heterocycles. The van der Waals surface area contributed by atoms with Crippen LogP contribution in [0.4, 0.5) is 11.4 Å². The van der Waals surface area contributed by atoms with Crippen molar-refractivity contribution in [2.45, 2.75) is 87.3 Å². The van der Waals surface area contributed by atoms with Gasteiger partial charge in [-0.3, -0.25) is 18.9 Å². The number of hydrogen-bond acceptors (Lipinski definition) is 10. The Morgan fingerprint density at radius 1 is 0.960 bits per heavy atom. The number of aliphatic carboxylic acids is 1. The van der Waals surface area contributed by atoms with Gasteiger partial charge in [-0.25, -0.2) is 8.42 Å². The van der Waals surface area contributed by atoms with Crippen LogP contribution in [0.1, 0.15) is 77.8 Å². The van der Waals surface area contributed by atoms with Crippen molar-refractivity contribution in [1.82, 2.24) is 4.72 Å². The Kier molecular flexibility index (Phi) is 12.4. The highest BCUT2D eigenvalue weighted by Gasteiger charge is 2.45. The van der Waals surface area contributed by atoms with Crippen molar-refractivity contribution in [3.05, 3.63) is 71.5 Å². The van der Waals surface area contributed by atoms with Gasteiger partial charge in [-0.15, -0.1) is 0 Å². The number of hydrogen-bond donors (Lipinski definition) is 3. The van der Waals surface area contributed by atoms with Crippen LogP contribution in [0, 0.1) is 0 Å². The van der Waals surface area contributed by atoms with Gasteiger partial charge in [-0.2, -0.15) is 13.0 Å². The molecule has 0 saturated carbocycles. The normalized spacial score (nSPS) is 17.4. The summed E-state index contributed by atoms with van der Waals surface area (Å²) in [5.41, 5.74) is 3.69. The van der Waals surface area contributed by atoms with Crippen molar-refractivity contribution >= 4 is 71.0 Å². The van der Waals surface area contributed by atoms with Crippen LogP contribution in [0.5, 0.6) is 0 Å². The Labute approximate surface area is 302 Å². The lowest BCUT2D eigenvalue weighted by Gasteiger charge is -2.25. The van der Waals surface area contributed by atoms with Crippen LogP contribution in [-0.2, 0) is 40.7 Å². The highest BCUT2D eigenvalue weighted by Crippen LogP contribution is 2.48. The molecule has 50 heavy (non-hydrogen) atoms. The van der Waals surface area contributed by atoms with Gasteiger partial charge in [0.15, 0.2) is 5.71 Å². The zero-order chi connectivity index (χ0) is 37.1. The maximum absolute atomic E-state index is 12.2. The molecule has 4 rings (SSSR count). The van der Waals surface area contributed by atoms with Gasteiger partial charge in [0.25, 0.3) is 10.1 Å². The second-order valence-corrected chi connectivity index (χ2v) is 18.1. The number of fused-ring (bicyclic) bond motifs is 2. The first-order chi connectivity index (χ1) is 23.3. The summed E-state index contributed by atoms with van der Waals surface area (Å²) < 4.78 is 74.1. The summed E-state index contributed by atoms with van der Waals surface area (Å²) in [5, 5.41) is 8.71. The van der Waals surface area contributed by atoms with Crippen molar-refractivity contribution in [3.8, 4) is 0 Å². The summed E-state index contributed by atoms with van der Waals surface area (Å²) in [5.74, 6) is -0.628. The van der Waals surface area contributed by atoms with E-state index >= 15 is 0 Å². The third-order valence-corrected chi connectivity index (χ3v) is 12.6. The van der Waals surface area contributed by atoms with E-state index in [2.05, 4.69) is 14.2 Å². The number of amides is 1. The van der Waals surface area contributed by atoms with Gasteiger partial charge in [-0.05, 0) is 75.6 Å². The largest absolute Gasteiger partial charge is 0.744 e. The first-order valence-electron chi connectivity index (χ1n) is 16.1. The van der Waals surface area contributed by atoms with Crippen LogP contribution in [0.15, 0.2) is 70.1 Å².